The van der Waals surface area contributed by atoms with Gasteiger partial charge in [-0.3, -0.25) is 0 Å². The SMILES string of the molecule is CCOC1CCN(c2cccc(OC)c2[C@@H](C)N)CC1. The molecule has 1 atom stereocenters. The van der Waals surface area contributed by atoms with Crippen molar-refractivity contribution in [2.75, 3.05) is 31.7 Å². The summed E-state index contributed by atoms with van der Waals surface area (Å²) in [5, 5.41) is 0. The van der Waals surface area contributed by atoms with Gasteiger partial charge in [-0.15, -0.1) is 0 Å². The lowest BCUT2D eigenvalue weighted by Gasteiger charge is -2.35. The van der Waals surface area contributed by atoms with Crippen molar-refractivity contribution in [2.45, 2.75) is 38.8 Å². The number of methoxy groups -OCH3 is 1. The summed E-state index contributed by atoms with van der Waals surface area (Å²) >= 11 is 0. The Kier molecular flexibility index (Phi) is 5.26. The molecular weight excluding hydrogens is 252 g/mol. The first-order valence-corrected chi connectivity index (χ1v) is 7.46. The molecule has 0 unspecified atom stereocenters. The lowest BCUT2D eigenvalue weighted by Crippen LogP contribution is -2.37. The van der Waals surface area contributed by atoms with Crippen molar-refractivity contribution in [1.29, 1.82) is 0 Å². The molecule has 2 rings (SSSR count). The standard InChI is InChI=1S/C16H26N2O2/c1-4-20-13-8-10-18(11-9-13)14-6-5-7-15(19-3)16(14)12(2)17/h5-7,12-13H,4,8-11,17H2,1-3H3/t12-/m1/s1. The molecule has 112 valence electrons. The monoisotopic (exact) mass is 278 g/mol. The fraction of sp³-hybridized carbons (Fsp3) is 0.625. The molecular formula is C16H26N2O2. The van der Waals surface area contributed by atoms with Gasteiger partial charge in [-0.1, -0.05) is 6.07 Å². The van der Waals surface area contributed by atoms with E-state index in [1.165, 1.54) is 5.69 Å². The lowest BCUT2D eigenvalue weighted by molar-refractivity contribution is 0.0459. The zero-order valence-electron chi connectivity index (χ0n) is 12.8. The van der Waals surface area contributed by atoms with Gasteiger partial charge in [-0.2, -0.15) is 0 Å². The van der Waals surface area contributed by atoms with Crippen LogP contribution in [0.3, 0.4) is 0 Å². The average Bonchev–Trinajstić information content (AvgIpc) is 2.47. The summed E-state index contributed by atoms with van der Waals surface area (Å²) in [6, 6.07) is 6.12. The molecule has 4 heteroatoms. The second-order valence-corrected chi connectivity index (χ2v) is 5.32. The number of nitrogens with zero attached hydrogens (tertiary/aromatic N) is 1. The zero-order chi connectivity index (χ0) is 14.5. The van der Waals surface area contributed by atoms with Gasteiger partial charge in [0.2, 0.25) is 0 Å². The number of rotatable bonds is 5. The molecule has 0 radical (unpaired) electrons. The molecule has 1 aliphatic rings. The Morgan fingerprint density at radius 3 is 2.60 bits per heavy atom. The van der Waals surface area contributed by atoms with Gasteiger partial charge in [0.1, 0.15) is 5.75 Å². The molecule has 1 aliphatic heterocycles. The van der Waals surface area contributed by atoms with Gasteiger partial charge in [0.05, 0.1) is 13.2 Å². The van der Waals surface area contributed by atoms with E-state index in [4.69, 9.17) is 15.2 Å². The van der Waals surface area contributed by atoms with Crippen LogP contribution < -0.4 is 15.4 Å². The summed E-state index contributed by atoms with van der Waals surface area (Å²) in [4.78, 5) is 2.40. The summed E-state index contributed by atoms with van der Waals surface area (Å²) in [5.41, 5.74) is 8.45. The Balaban J connectivity index is 2.17. The first kappa shape index (κ1) is 15.1. The Bertz CT molecular complexity index is 426. The highest BCUT2D eigenvalue weighted by atomic mass is 16.5. The van der Waals surface area contributed by atoms with Crippen LogP contribution in [-0.2, 0) is 4.74 Å². The van der Waals surface area contributed by atoms with Crippen LogP contribution in [-0.4, -0.2) is 32.9 Å². The largest absolute Gasteiger partial charge is 0.496 e. The summed E-state index contributed by atoms with van der Waals surface area (Å²) in [6.07, 6.45) is 2.55. The van der Waals surface area contributed by atoms with E-state index in [-0.39, 0.29) is 6.04 Å². The van der Waals surface area contributed by atoms with Crippen LogP contribution >= 0.6 is 0 Å². The van der Waals surface area contributed by atoms with Crippen molar-refractivity contribution in [3.8, 4) is 5.75 Å². The van der Waals surface area contributed by atoms with Crippen LogP contribution in [0.2, 0.25) is 0 Å². The van der Waals surface area contributed by atoms with E-state index in [0.29, 0.717) is 6.10 Å². The quantitative estimate of drug-likeness (QED) is 0.899. The number of ether oxygens (including phenoxy) is 2. The van der Waals surface area contributed by atoms with Gasteiger partial charge in [-0.05, 0) is 38.8 Å². The van der Waals surface area contributed by atoms with Gasteiger partial charge in [0, 0.05) is 37.0 Å². The molecule has 1 saturated heterocycles. The highest BCUT2D eigenvalue weighted by molar-refractivity contribution is 5.61. The summed E-state index contributed by atoms with van der Waals surface area (Å²) in [7, 11) is 1.70. The predicted octanol–water partition coefficient (Wildman–Crippen LogP) is 2.72. The maximum absolute atomic E-state index is 6.14. The topological polar surface area (TPSA) is 47.7 Å². The van der Waals surface area contributed by atoms with Crippen LogP contribution in [0.4, 0.5) is 5.69 Å². The van der Waals surface area contributed by atoms with Crippen molar-refractivity contribution in [2.24, 2.45) is 5.73 Å². The Labute approximate surface area is 121 Å². The van der Waals surface area contributed by atoms with E-state index in [0.717, 1.165) is 43.9 Å². The number of hydrogen-bond donors (Lipinski definition) is 1. The third kappa shape index (κ3) is 3.25. The van der Waals surface area contributed by atoms with E-state index >= 15 is 0 Å². The van der Waals surface area contributed by atoms with Crippen molar-refractivity contribution in [3.05, 3.63) is 23.8 Å². The maximum atomic E-state index is 6.14. The fourth-order valence-corrected chi connectivity index (χ4v) is 2.94. The number of nitrogens with two attached hydrogens (primary N) is 1. The molecule has 20 heavy (non-hydrogen) atoms. The fourth-order valence-electron chi connectivity index (χ4n) is 2.94. The van der Waals surface area contributed by atoms with Gasteiger partial charge in [0.15, 0.2) is 0 Å². The van der Waals surface area contributed by atoms with Crippen LogP contribution in [0, 0.1) is 0 Å². The normalized spacial score (nSPS) is 18.1. The molecule has 0 bridgehead atoms. The number of benzene rings is 1. The Hall–Kier alpha value is -1.26. The molecule has 0 aliphatic carbocycles. The van der Waals surface area contributed by atoms with E-state index < -0.39 is 0 Å². The molecule has 1 aromatic rings. The van der Waals surface area contributed by atoms with E-state index in [2.05, 4.69) is 17.9 Å². The molecule has 0 amide bonds. The van der Waals surface area contributed by atoms with Crippen molar-refractivity contribution >= 4 is 5.69 Å². The number of hydrogen-bond acceptors (Lipinski definition) is 4. The highest BCUT2D eigenvalue weighted by Crippen LogP contribution is 2.35. The smallest absolute Gasteiger partial charge is 0.125 e. The lowest BCUT2D eigenvalue weighted by atomic mass is 10.0. The van der Waals surface area contributed by atoms with Crippen LogP contribution in [0.5, 0.6) is 5.75 Å². The molecule has 1 heterocycles. The Morgan fingerprint density at radius 2 is 2.05 bits per heavy atom. The molecule has 1 aromatic carbocycles. The molecule has 0 spiro atoms. The molecule has 0 aromatic heterocycles. The summed E-state index contributed by atoms with van der Waals surface area (Å²) in [5.74, 6) is 0.879. The summed E-state index contributed by atoms with van der Waals surface area (Å²) < 4.78 is 11.2. The zero-order valence-corrected chi connectivity index (χ0v) is 12.8. The van der Waals surface area contributed by atoms with Crippen LogP contribution in [0.15, 0.2) is 18.2 Å². The minimum Gasteiger partial charge on any atom is -0.496 e. The first-order valence-electron chi connectivity index (χ1n) is 7.46. The van der Waals surface area contributed by atoms with Gasteiger partial charge < -0.3 is 20.1 Å². The van der Waals surface area contributed by atoms with E-state index in [1.807, 2.05) is 19.1 Å². The van der Waals surface area contributed by atoms with Crippen molar-refractivity contribution in [1.82, 2.24) is 0 Å². The minimum atomic E-state index is -0.0363. The summed E-state index contributed by atoms with van der Waals surface area (Å²) in [6.45, 7) is 6.89. The molecule has 1 fully saturated rings. The second-order valence-electron chi connectivity index (χ2n) is 5.32. The highest BCUT2D eigenvalue weighted by Gasteiger charge is 2.23. The molecule has 4 nitrogen and oxygen atoms in total. The first-order chi connectivity index (χ1) is 9.67. The molecule has 0 saturated carbocycles. The Morgan fingerprint density at radius 1 is 1.35 bits per heavy atom. The number of anilines is 1. The average molecular weight is 278 g/mol. The predicted molar refractivity (Wildman–Crippen MR) is 82.5 cm³/mol. The van der Waals surface area contributed by atoms with Gasteiger partial charge in [-0.25, -0.2) is 0 Å². The van der Waals surface area contributed by atoms with Gasteiger partial charge >= 0.3 is 0 Å². The van der Waals surface area contributed by atoms with E-state index in [9.17, 15) is 0 Å². The second kappa shape index (κ2) is 6.95. The van der Waals surface area contributed by atoms with E-state index in [1.54, 1.807) is 7.11 Å². The third-order valence-corrected chi connectivity index (χ3v) is 3.90. The minimum absolute atomic E-state index is 0.0363. The van der Waals surface area contributed by atoms with Crippen molar-refractivity contribution in [3.63, 3.8) is 0 Å². The maximum Gasteiger partial charge on any atom is 0.125 e. The molecule has 2 N–H and O–H groups in total. The third-order valence-electron chi connectivity index (χ3n) is 3.90. The number of piperidine rings is 1. The van der Waals surface area contributed by atoms with Gasteiger partial charge in [0.25, 0.3) is 0 Å². The van der Waals surface area contributed by atoms with Crippen molar-refractivity contribution < 1.29 is 9.47 Å². The van der Waals surface area contributed by atoms with Crippen LogP contribution in [0.1, 0.15) is 38.3 Å². The van der Waals surface area contributed by atoms with Crippen LogP contribution in [0.25, 0.3) is 0 Å².